The second kappa shape index (κ2) is 8.44. The lowest BCUT2D eigenvalue weighted by Crippen LogP contribution is -2.49. The molecule has 0 aromatic heterocycles. The minimum absolute atomic E-state index is 0.0220. The molecule has 0 spiro atoms. The molecule has 0 atom stereocenters. The summed E-state index contributed by atoms with van der Waals surface area (Å²) in [5.74, 6) is 0.634. The zero-order chi connectivity index (χ0) is 18.4. The van der Waals surface area contributed by atoms with E-state index in [2.05, 4.69) is 4.90 Å². The Morgan fingerprint density at radius 3 is 2.35 bits per heavy atom. The molecule has 0 bridgehead atoms. The van der Waals surface area contributed by atoms with E-state index in [9.17, 15) is 14.9 Å². The number of nitro groups is 1. The normalized spacial score (nSPS) is 14.8. The van der Waals surface area contributed by atoms with Crippen molar-refractivity contribution in [2.75, 3.05) is 32.8 Å². The number of ether oxygens (including phenoxy) is 1. The van der Waals surface area contributed by atoms with Gasteiger partial charge in [0.25, 0.3) is 11.6 Å². The molecule has 7 heteroatoms. The molecular formula is C19H21N3O4. The summed E-state index contributed by atoms with van der Waals surface area (Å²) in [7, 11) is 0. The second-order valence-electron chi connectivity index (χ2n) is 6.14. The second-order valence-corrected chi connectivity index (χ2v) is 6.14. The molecule has 7 nitrogen and oxygen atoms in total. The lowest BCUT2D eigenvalue weighted by Gasteiger charge is -2.34. The van der Waals surface area contributed by atoms with Crippen molar-refractivity contribution in [1.82, 2.24) is 9.80 Å². The van der Waals surface area contributed by atoms with Crippen LogP contribution in [0.25, 0.3) is 0 Å². The van der Waals surface area contributed by atoms with Crippen molar-refractivity contribution < 1.29 is 14.5 Å². The van der Waals surface area contributed by atoms with Crippen LogP contribution in [0.4, 0.5) is 5.69 Å². The Labute approximate surface area is 151 Å². The van der Waals surface area contributed by atoms with Crippen molar-refractivity contribution in [3.8, 4) is 5.75 Å². The number of carbonyl (C=O) groups excluding carboxylic acids is 1. The average Bonchev–Trinajstić information content (AvgIpc) is 2.68. The monoisotopic (exact) mass is 355 g/mol. The summed E-state index contributed by atoms with van der Waals surface area (Å²) < 4.78 is 5.51. The van der Waals surface area contributed by atoms with Crippen LogP contribution in [0.5, 0.6) is 5.75 Å². The highest BCUT2D eigenvalue weighted by molar-refractivity contribution is 5.77. The predicted molar refractivity (Wildman–Crippen MR) is 96.9 cm³/mol. The third-order valence-corrected chi connectivity index (χ3v) is 4.41. The van der Waals surface area contributed by atoms with E-state index in [0.717, 1.165) is 0 Å². The van der Waals surface area contributed by atoms with Crippen LogP contribution in [0.15, 0.2) is 54.6 Å². The van der Waals surface area contributed by atoms with Gasteiger partial charge in [0.05, 0.1) is 4.92 Å². The summed E-state index contributed by atoms with van der Waals surface area (Å²) in [4.78, 5) is 26.9. The van der Waals surface area contributed by atoms with Gasteiger partial charge in [-0.05, 0) is 12.1 Å². The molecule has 1 amide bonds. The molecule has 2 aromatic rings. The van der Waals surface area contributed by atoms with Crippen molar-refractivity contribution in [3.05, 3.63) is 70.3 Å². The van der Waals surface area contributed by atoms with Gasteiger partial charge in [0, 0.05) is 44.4 Å². The molecule has 0 unspecified atom stereocenters. The minimum Gasteiger partial charge on any atom is -0.484 e. The Hall–Kier alpha value is -2.93. The number of carbonyl (C=O) groups is 1. The number of benzene rings is 2. The Bertz CT molecular complexity index is 758. The molecule has 1 aliphatic rings. The summed E-state index contributed by atoms with van der Waals surface area (Å²) in [6.07, 6.45) is 0. The van der Waals surface area contributed by atoms with Gasteiger partial charge in [-0.15, -0.1) is 0 Å². The number of hydrogen-bond donors (Lipinski definition) is 0. The van der Waals surface area contributed by atoms with E-state index >= 15 is 0 Å². The number of nitrogens with zero attached hydrogens (tertiary/aromatic N) is 3. The average molecular weight is 355 g/mol. The first-order valence-electron chi connectivity index (χ1n) is 8.54. The Kier molecular flexibility index (Phi) is 5.80. The van der Waals surface area contributed by atoms with Gasteiger partial charge in [-0.25, -0.2) is 0 Å². The molecule has 0 saturated carbocycles. The number of hydrogen-bond acceptors (Lipinski definition) is 5. The van der Waals surface area contributed by atoms with E-state index in [0.29, 0.717) is 44.0 Å². The van der Waals surface area contributed by atoms with Gasteiger partial charge in [0.15, 0.2) is 6.61 Å². The van der Waals surface area contributed by atoms with Crippen LogP contribution in [-0.2, 0) is 11.3 Å². The van der Waals surface area contributed by atoms with Gasteiger partial charge in [-0.2, -0.15) is 0 Å². The Morgan fingerprint density at radius 1 is 1.00 bits per heavy atom. The van der Waals surface area contributed by atoms with Crippen LogP contribution in [0.3, 0.4) is 0 Å². The van der Waals surface area contributed by atoms with E-state index in [1.807, 2.05) is 36.4 Å². The SMILES string of the molecule is O=C(COc1ccccc1)N1CCN(Cc2ccccc2[N+](=O)[O-])CC1. The van der Waals surface area contributed by atoms with Crippen molar-refractivity contribution in [2.24, 2.45) is 0 Å². The molecule has 3 rings (SSSR count). The Balaban J connectivity index is 1.48. The van der Waals surface area contributed by atoms with Crippen LogP contribution in [-0.4, -0.2) is 53.4 Å². The van der Waals surface area contributed by atoms with Crippen molar-refractivity contribution in [2.45, 2.75) is 6.54 Å². The first-order valence-corrected chi connectivity index (χ1v) is 8.54. The molecule has 136 valence electrons. The van der Waals surface area contributed by atoms with Crippen LogP contribution >= 0.6 is 0 Å². The zero-order valence-electron chi connectivity index (χ0n) is 14.4. The lowest BCUT2D eigenvalue weighted by molar-refractivity contribution is -0.385. The number of amides is 1. The minimum atomic E-state index is -0.351. The zero-order valence-corrected chi connectivity index (χ0v) is 14.4. The number of piperazine rings is 1. The van der Waals surface area contributed by atoms with Gasteiger partial charge in [0.2, 0.25) is 0 Å². The third-order valence-electron chi connectivity index (χ3n) is 4.41. The lowest BCUT2D eigenvalue weighted by atomic mass is 10.1. The molecule has 1 aliphatic heterocycles. The van der Waals surface area contributed by atoms with E-state index in [-0.39, 0.29) is 23.1 Å². The summed E-state index contributed by atoms with van der Waals surface area (Å²) >= 11 is 0. The first-order chi connectivity index (χ1) is 12.6. The first kappa shape index (κ1) is 17.9. The summed E-state index contributed by atoms with van der Waals surface area (Å²) in [6, 6.07) is 16.0. The van der Waals surface area contributed by atoms with Crippen LogP contribution < -0.4 is 4.74 Å². The van der Waals surface area contributed by atoms with E-state index in [4.69, 9.17) is 4.74 Å². The summed E-state index contributed by atoms with van der Waals surface area (Å²) in [5.41, 5.74) is 0.840. The molecule has 1 fully saturated rings. The Morgan fingerprint density at radius 2 is 1.65 bits per heavy atom. The molecule has 0 aliphatic carbocycles. The number of nitro benzene ring substituents is 1. The number of rotatable bonds is 6. The van der Waals surface area contributed by atoms with Crippen LogP contribution in [0, 0.1) is 10.1 Å². The molecule has 1 saturated heterocycles. The summed E-state index contributed by atoms with van der Waals surface area (Å²) in [6.45, 7) is 3.09. The van der Waals surface area contributed by atoms with Crippen LogP contribution in [0.1, 0.15) is 5.56 Å². The standard InChI is InChI=1S/C19H21N3O4/c23-19(15-26-17-7-2-1-3-8-17)21-12-10-20(11-13-21)14-16-6-4-5-9-18(16)22(24)25/h1-9H,10-15H2. The molecule has 0 N–H and O–H groups in total. The van der Waals surface area contributed by atoms with E-state index < -0.39 is 0 Å². The topological polar surface area (TPSA) is 75.9 Å². The number of para-hydroxylation sites is 2. The van der Waals surface area contributed by atoms with Gasteiger partial charge in [0.1, 0.15) is 5.75 Å². The van der Waals surface area contributed by atoms with Gasteiger partial charge in [-0.3, -0.25) is 19.8 Å². The highest BCUT2D eigenvalue weighted by Gasteiger charge is 2.23. The maximum absolute atomic E-state index is 12.3. The van der Waals surface area contributed by atoms with Crippen LogP contribution in [0.2, 0.25) is 0 Å². The summed E-state index contributed by atoms with van der Waals surface area (Å²) in [5, 5.41) is 11.1. The van der Waals surface area contributed by atoms with Gasteiger partial charge < -0.3 is 9.64 Å². The molecular weight excluding hydrogens is 334 g/mol. The third kappa shape index (κ3) is 4.58. The van der Waals surface area contributed by atoms with Crippen molar-refractivity contribution >= 4 is 11.6 Å². The van der Waals surface area contributed by atoms with Crippen molar-refractivity contribution in [1.29, 1.82) is 0 Å². The molecule has 0 radical (unpaired) electrons. The molecule has 1 heterocycles. The fourth-order valence-electron chi connectivity index (χ4n) is 2.97. The maximum Gasteiger partial charge on any atom is 0.273 e. The van der Waals surface area contributed by atoms with Gasteiger partial charge in [-0.1, -0.05) is 36.4 Å². The van der Waals surface area contributed by atoms with E-state index in [1.54, 1.807) is 17.0 Å². The molecule has 26 heavy (non-hydrogen) atoms. The molecule has 2 aromatic carbocycles. The van der Waals surface area contributed by atoms with Gasteiger partial charge >= 0.3 is 0 Å². The predicted octanol–water partition coefficient (Wildman–Crippen LogP) is 2.32. The van der Waals surface area contributed by atoms with E-state index in [1.165, 1.54) is 6.07 Å². The quantitative estimate of drug-likeness (QED) is 0.587. The fourth-order valence-corrected chi connectivity index (χ4v) is 2.97. The fraction of sp³-hybridized carbons (Fsp3) is 0.316. The van der Waals surface area contributed by atoms with Crippen molar-refractivity contribution in [3.63, 3.8) is 0 Å². The highest BCUT2D eigenvalue weighted by Crippen LogP contribution is 2.20. The highest BCUT2D eigenvalue weighted by atomic mass is 16.6. The smallest absolute Gasteiger partial charge is 0.273 e. The maximum atomic E-state index is 12.3. The largest absolute Gasteiger partial charge is 0.484 e.